The Bertz CT molecular complexity index is 1030. The van der Waals surface area contributed by atoms with E-state index in [9.17, 15) is 14.9 Å². The van der Waals surface area contributed by atoms with E-state index >= 15 is 0 Å². The summed E-state index contributed by atoms with van der Waals surface area (Å²) in [6.07, 6.45) is 2.70. The molecule has 0 atom stereocenters. The summed E-state index contributed by atoms with van der Waals surface area (Å²) in [5, 5.41) is 18.1. The van der Waals surface area contributed by atoms with Gasteiger partial charge in [-0.2, -0.15) is 5.10 Å². The third-order valence-corrected chi connectivity index (χ3v) is 4.66. The summed E-state index contributed by atoms with van der Waals surface area (Å²) in [5.41, 5.74) is 2.28. The minimum atomic E-state index is -0.516. The van der Waals surface area contributed by atoms with E-state index in [0.717, 1.165) is 24.2 Å². The number of nitro groups is 1. The highest BCUT2D eigenvalue weighted by Gasteiger charge is 2.11. The van der Waals surface area contributed by atoms with Crippen molar-refractivity contribution in [3.8, 4) is 5.75 Å². The molecular weight excluding hydrogens is 408 g/mol. The van der Waals surface area contributed by atoms with Crippen molar-refractivity contribution in [2.45, 2.75) is 26.5 Å². The molecule has 3 aromatic rings. The number of hydrogen-bond acceptors (Lipinski definition) is 5. The number of non-ortho nitro benzene ring substituents is 1. The van der Waals surface area contributed by atoms with Gasteiger partial charge in [-0.15, -0.1) is 0 Å². The molecule has 0 bridgehead atoms. The molecule has 8 nitrogen and oxygen atoms in total. The lowest BCUT2D eigenvalue weighted by atomic mass is 10.1. The van der Waals surface area contributed by atoms with Gasteiger partial charge in [-0.05, 0) is 43.2 Å². The second-order valence-electron chi connectivity index (χ2n) is 6.69. The number of carbonyl (C=O) groups is 1. The van der Waals surface area contributed by atoms with Gasteiger partial charge < -0.3 is 10.1 Å². The van der Waals surface area contributed by atoms with E-state index in [-0.39, 0.29) is 23.2 Å². The number of benzene rings is 2. The van der Waals surface area contributed by atoms with E-state index < -0.39 is 4.92 Å². The summed E-state index contributed by atoms with van der Waals surface area (Å²) >= 11 is 6.02. The first-order valence-corrected chi connectivity index (χ1v) is 9.74. The van der Waals surface area contributed by atoms with Crippen molar-refractivity contribution in [2.24, 2.45) is 0 Å². The average Bonchev–Trinajstić information content (AvgIpc) is 3.15. The van der Waals surface area contributed by atoms with Crippen LogP contribution in [0.5, 0.6) is 5.75 Å². The van der Waals surface area contributed by atoms with E-state index in [0.29, 0.717) is 17.9 Å². The Hall–Kier alpha value is -3.39. The van der Waals surface area contributed by atoms with Gasteiger partial charge in [0.25, 0.3) is 11.6 Å². The largest absolute Gasteiger partial charge is 0.487 e. The summed E-state index contributed by atoms with van der Waals surface area (Å²) in [6, 6.07) is 13.0. The standard InChI is InChI=1S/C21H21ClN4O4/c1-15-9-12-25(24-15)11-2-10-23-21(27)17-5-3-16(4-6-17)14-30-20-8-7-18(26(28)29)13-19(20)22/h3-9,12-13H,2,10-11,14H2,1H3,(H,23,27). The number of rotatable bonds is 9. The molecule has 9 heteroatoms. The van der Waals surface area contributed by atoms with Gasteiger partial charge in [-0.3, -0.25) is 19.6 Å². The highest BCUT2D eigenvalue weighted by molar-refractivity contribution is 6.32. The smallest absolute Gasteiger partial charge is 0.271 e. The third-order valence-electron chi connectivity index (χ3n) is 4.36. The van der Waals surface area contributed by atoms with E-state index in [1.54, 1.807) is 24.3 Å². The molecule has 1 amide bonds. The van der Waals surface area contributed by atoms with Gasteiger partial charge in [-0.1, -0.05) is 23.7 Å². The third kappa shape index (κ3) is 5.81. The fourth-order valence-electron chi connectivity index (χ4n) is 2.77. The number of amides is 1. The number of nitro benzene ring substituents is 1. The van der Waals surface area contributed by atoms with Gasteiger partial charge in [0.1, 0.15) is 12.4 Å². The van der Waals surface area contributed by atoms with Crippen LogP contribution in [0.15, 0.2) is 54.7 Å². The van der Waals surface area contributed by atoms with Gasteiger partial charge in [0.05, 0.1) is 15.6 Å². The van der Waals surface area contributed by atoms with Crippen molar-refractivity contribution >= 4 is 23.2 Å². The molecule has 0 unspecified atom stereocenters. The molecule has 0 saturated heterocycles. The van der Waals surface area contributed by atoms with Crippen molar-refractivity contribution in [1.82, 2.24) is 15.1 Å². The van der Waals surface area contributed by atoms with Gasteiger partial charge in [-0.25, -0.2) is 0 Å². The molecule has 0 aliphatic rings. The van der Waals surface area contributed by atoms with Crippen molar-refractivity contribution < 1.29 is 14.5 Å². The second kappa shape index (κ2) is 9.89. The van der Waals surface area contributed by atoms with E-state index in [4.69, 9.17) is 16.3 Å². The van der Waals surface area contributed by atoms with E-state index in [2.05, 4.69) is 10.4 Å². The van der Waals surface area contributed by atoms with Gasteiger partial charge in [0.15, 0.2) is 0 Å². The van der Waals surface area contributed by atoms with Gasteiger partial charge >= 0.3 is 0 Å². The highest BCUT2D eigenvalue weighted by atomic mass is 35.5. The van der Waals surface area contributed by atoms with Gasteiger partial charge in [0.2, 0.25) is 0 Å². The monoisotopic (exact) mass is 428 g/mol. The Morgan fingerprint density at radius 2 is 2.00 bits per heavy atom. The molecule has 0 saturated carbocycles. The molecule has 1 aromatic heterocycles. The number of nitrogens with zero attached hydrogens (tertiary/aromatic N) is 3. The van der Waals surface area contributed by atoms with Crippen LogP contribution in [-0.4, -0.2) is 27.2 Å². The zero-order valence-corrected chi connectivity index (χ0v) is 17.1. The van der Waals surface area contributed by atoms with E-state index in [1.807, 2.05) is 23.9 Å². The summed E-state index contributed by atoms with van der Waals surface area (Å²) in [4.78, 5) is 22.5. The lowest BCUT2D eigenvalue weighted by Crippen LogP contribution is -2.25. The van der Waals surface area contributed by atoms with Crippen LogP contribution in [0, 0.1) is 17.0 Å². The SMILES string of the molecule is Cc1ccn(CCCNC(=O)c2ccc(COc3ccc([N+](=O)[O-])cc3Cl)cc2)n1. The molecule has 0 aliphatic carbocycles. The Balaban J connectivity index is 1.46. The number of aromatic nitrogens is 2. The lowest BCUT2D eigenvalue weighted by Gasteiger charge is -2.09. The maximum atomic E-state index is 12.2. The predicted octanol–water partition coefficient (Wildman–Crippen LogP) is 4.15. The fraction of sp³-hybridized carbons (Fsp3) is 0.238. The van der Waals surface area contributed by atoms with Crippen LogP contribution in [0.3, 0.4) is 0 Å². The van der Waals surface area contributed by atoms with Crippen LogP contribution in [0.2, 0.25) is 5.02 Å². The number of aryl methyl sites for hydroxylation is 2. The number of carbonyl (C=O) groups excluding carboxylic acids is 1. The molecule has 0 aliphatic heterocycles. The predicted molar refractivity (Wildman–Crippen MR) is 113 cm³/mol. The Labute approximate surface area is 178 Å². The van der Waals surface area contributed by atoms with Crippen molar-refractivity contribution in [3.63, 3.8) is 0 Å². The van der Waals surface area contributed by atoms with Crippen LogP contribution in [-0.2, 0) is 13.2 Å². The molecule has 0 fully saturated rings. The number of halogens is 1. The van der Waals surface area contributed by atoms with Crippen LogP contribution < -0.4 is 10.1 Å². The van der Waals surface area contributed by atoms with Crippen molar-refractivity contribution in [1.29, 1.82) is 0 Å². The summed E-state index contributed by atoms with van der Waals surface area (Å²) in [5.74, 6) is 0.217. The Morgan fingerprint density at radius 1 is 1.23 bits per heavy atom. The van der Waals surface area contributed by atoms with Crippen LogP contribution >= 0.6 is 11.6 Å². The molecule has 2 aromatic carbocycles. The zero-order chi connectivity index (χ0) is 21.5. The number of nitrogens with one attached hydrogen (secondary N) is 1. The lowest BCUT2D eigenvalue weighted by molar-refractivity contribution is -0.384. The molecule has 3 rings (SSSR count). The second-order valence-corrected chi connectivity index (χ2v) is 7.09. The summed E-state index contributed by atoms with van der Waals surface area (Å²) < 4.78 is 7.47. The first-order valence-electron chi connectivity index (χ1n) is 9.36. The average molecular weight is 429 g/mol. The first-order chi connectivity index (χ1) is 14.4. The Kier molecular flexibility index (Phi) is 7.03. The molecular formula is C21H21ClN4O4. The topological polar surface area (TPSA) is 99.3 Å². The number of hydrogen-bond donors (Lipinski definition) is 1. The van der Waals surface area contributed by atoms with E-state index in [1.165, 1.54) is 18.2 Å². The molecule has 30 heavy (non-hydrogen) atoms. The molecule has 0 spiro atoms. The normalized spacial score (nSPS) is 10.6. The zero-order valence-electron chi connectivity index (χ0n) is 16.4. The highest BCUT2D eigenvalue weighted by Crippen LogP contribution is 2.29. The van der Waals surface area contributed by atoms with Crippen LogP contribution in [0.1, 0.15) is 28.0 Å². The first kappa shape index (κ1) is 21.3. The Morgan fingerprint density at radius 3 is 2.63 bits per heavy atom. The quantitative estimate of drug-likeness (QED) is 0.313. The van der Waals surface area contributed by atoms with Crippen molar-refractivity contribution in [2.75, 3.05) is 6.54 Å². The summed E-state index contributed by atoms with van der Waals surface area (Å²) in [7, 11) is 0. The minimum absolute atomic E-state index is 0.0950. The van der Waals surface area contributed by atoms with Crippen LogP contribution in [0.25, 0.3) is 0 Å². The minimum Gasteiger partial charge on any atom is -0.487 e. The fourth-order valence-corrected chi connectivity index (χ4v) is 3.00. The molecule has 0 radical (unpaired) electrons. The van der Waals surface area contributed by atoms with Crippen LogP contribution in [0.4, 0.5) is 5.69 Å². The van der Waals surface area contributed by atoms with Gasteiger partial charge in [0, 0.05) is 37.0 Å². The van der Waals surface area contributed by atoms with Crippen molar-refractivity contribution in [3.05, 3.63) is 86.7 Å². The number of ether oxygens (including phenoxy) is 1. The summed E-state index contributed by atoms with van der Waals surface area (Å²) in [6.45, 7) is 3.47. The molecule has 1 heterocycles. The molecule has 156 valence electrons. The maximum Gasteiger partial charge on any atom is 0.271 e. The maximum absolute atomic E-state index is 12.2. The molecule has 1 N–H and O–H groups in total.